The summed E-state index contributed by atoms with van der Waals surface area (Å²) in [6.45, 7) is 5.63. The van der Waals surface area contributed by atoms with E-state index in [-0.39, 0.29) is 17.8 Å². The Kier molecular flexibility index (Phi) is 3.43. The molecule has 1 unspecified atom stereocenters. The summed E-state index contributed by atoms with van der Waals surface area (Å²) in [4.78, 5) is 16.1. The van der Waals surface area contributed by atoms with Crippen LogP contribution in [0.4, 0.5) is 4.39 Å². The number of hydrogen-bond donors (Lipinski definition) is 1. The lowest BCUT2D eigenvalue weighted by Crippen LogP contribution is -2.30. The van der Waals surface area contributed by atoms with Crippen molar-refractivity contribution in [3.8, 4) is 0 Å². The maximum absolute atomic E-state index is 12.8. The van der Waals surface area contributed by atoms with Crippen LogP contribution in [0, 0.1) is 5.82 Å². The molecule has 1 aromatic rings. The van der Waals surface area contributed by atoms with Crippen molar-refractivity contribution in [2.24, 2.45) is 4.99 Å². The molecule has 0 aliphatic carbocycles. The zero-order valence-electron chi connectivity index (χ0n) is 10.5. The highest BCUT2D eigenvalue weighted by molar-refractivity contribution is 8.16. The summed E-state index contributed by atoms with van der Waals surface area (Å²) in [7, 11) is 0. The van der Waals surface area contributed by atoms with E-state index in [1.54, 1.807) is 12.1 Å². The highest BCUT2D eigenvalue weighted by atomic mass is 32.2. The van der Waals surface area contributed by atoms with Crippen LogP contribution in [0.2, 0.25) is 0 Å². The minimum atomic E-state index is -0.471. The second-order valence-corrected chi connectivity index (χ2v) is 6.34. The third-order valence-electron chi connectivity index (χ3n) is 2.78. The average Bonchev–Trinajstić information content (AvgIpc) is 2.53. The molecule has 2 rings (SSSR count). The van der Waals surface area contributed by atoms with Gasteiger partial charge in [0.15, 0.2) is 5.17 Å². The van der Waals surface area contributed by atoms with E-state index in [9.17, 15) is 9.18 Å². The summed E-state index contributed by atoms with van der Waals surface area (Å²) in [5, 5.41) is 3.38. The second-order valence-electron chi connectivity index (χ2n) is 4.73. The van der Waals surface area contributed by atoms with Gasteiger partial charge in [-0.1, -0.05) is 23.9 Å². The van der Waals surface area contributed by atoms with Gasteiger partial charge in [-0.25, -0.2) is 4.39 Å². The summed E-state index contributed by atoms with van der Waals surface area (Å²) in [6, 6.07) is 6.13. The van der Waals surface area contributed by atoms with Crippen molar-refractivity contribution in [2.75, 3.05) is 0 Å². The van der Waals surface area contributed by atoms with E-state index < -0.39 is 4.75 Å². The van der Waals surface area contributed by atoms with Crippen LogP contribution in [0.3, 0.4) is 0 Å². The van der Waals surface area contributed by atoms with Crippen LogP contribution in [-0.2, 0) is 4.79 Å². The number of benzene rings is 1. The molecule has 0 aromatic heterocycles. The molecule has 0 saturated carbocycles. The van der Waals surface area contributed by atoms with Crippen molar-refractivity contribution in [1.29, 1.82) is 0 Å². The Balaban J connectivity index is 2.14. The molecule has 5 heteroatoms. The maximum Gasteiger partial charge on any atom is 0.242 e. The lowest BCUT2D eigenvalue weighted by atomic mass is 10.1. The Labute approximate surface area is 110 Å². The first-order chi connectivity index (χ1) is 8.38. The van der Waals surface area contributed by atoms with Gasteiger partial charge < -0.3 is 5.32 Å². The number of nitrogens with one attached hydrogen (secondary N) is 1. The molecule has 1 aliphatic heterocycles. The van der Waals surface area contributed by atoms with Crippen LogP contribution in [0.15, 0.2) is 29.3 Å². The molecule has 1 heterocycles. The molecule has 1 fully saturated rings. The van der Waals surface area contributed by atoms with E-state index >= 15 is 0 Å². The molecule has 96 valence electrons. The predicted molar refractivity (Wildman–Crippen MR) is 72.1 cm³/mol. The lowest BCUT2D eigenvalue weighted by Gasteiger charge is -2.09. The van der Waals surface area contributed by atoms with E-state index in [2.05, 4.69) is 10.3 Å². The van der Waals surface area contributed by atoms with Gasteiger partial charge in [0.05, 0.1) is 10.8 Å². The smallest absolute Gasteiger partial charge is 0.242 e. The molecule has 1 aliphatic rings. The predicted octanol–water partition coefficient (Wildman–Crippen LogP) is 2.88. The summed E-state index contributed by atoms with van der Waals surface area (Å²) in [5.74, 6) is -0.291. The largest absolute Gasteiger partial charge is 0.304 e. The number of amidine groups is 1. The van der Waals surface area contributed by atoms with Crippen molar-refractivity contribution in [3.63, 3.8) is 0 Å². The highest BCUT2D eigenvalue weighted by Gasteiger charge is 2.38. The van der Waals surface area contributed by atoms with Crippen LogP contribution in [0.25, 0.3) is 0 Å². The quantitative estimate of drug-likeness (QED) is 0.894. The Morgan fingerprint density at radius 3 is 2.44 bits per heavy atom. The number of hydrogen-bond acceptors (Lipinski definition) is 3. The van der Waals surface area contributed by atoms with Crippen LogP contribution >= 0.6 is 11.8 Å². The number of aliphatic imine (C=N–C) groups is 1. The molecule has 1 N–H and O–H groups in total. The number of carbonyl (C=O) groups is 1. The first-order valence-corrected chi connectivity index (χ1v) is 6.54. The van der Waals surface area contributed by atoms with Crippen molar-refractivity contribution in [2.45, 2.75) is 31.6 Å². The average molecular weight is 266 g/mol. The third-order valence-corrected chi connectivity index (χ3v) is 3.88. The van der Waals surface area contributed by atoms with Gasteiger partial charge in [-0.3, -0.25) is 9.79 Å². The Morgan fingerprint density at radius 2 is 1.94 bits per heavy atom. The van der Waals surface area contributed by atoms with Gasteiger partial charge in [-0.05, 0) is 38.5 Å². The van der Waals surface area contributed by atoms with Crippen molar-refractivity contribution < 1.29 is 9.18 Å². The van der Waals surface area contributed by atoms with E-state index in [0.29, 0.717) is 5.17 Å². The molecule has 0 spiro atoms. The van der Waals surface area contributed by atoms with Crippen LogP contribution in [0.1, 0.15) is 32.4 Å². The third kappa shape index (κ3) is 2.72. The van der Waals surface area contributed by atoms with Gasteiger partial charge >= 0.3 is 0 Å². The summed E-state index contributed by atoms with van der Waals surface area (Å²) >= 11 is 1.42. The van der Waals surface area contributed by atoms with Gasteiger partial charge in [0.25, 0.3) is 0 Å². The molecule has 0 bridgehead atoms. The Bertz CT molecular complexity index is 496. The number of thioether (sulfide) groups is 1. The Morgan fingerprint density at radius 1 is 1.33 bits per heavy atom. The molecular formula is C13H15FN2OS. The molecule has 1 saturated heterocycles. The fourth-order valence-electron chi connectivity index (χ4n) is 1.61. The van der Waals surface area contributed by atoms with E-state index in [0.717, 1.165) is 5.56 Å². The first kappa shape index (κ1) is 13.1. The molecule has 1 aromatic carbocycles. The van der Waals surface area contributed by atoms with Crippen molar-refractivity contribution in [3.05, 3.63) is 35.6 Å². The number of nitrogens with zero attached hydrogens (tertiary/aromatic N) is 1. The standard InChI is InChI=1S/C13H15FN2OS/c1-8(9-4-6-10(14)7-5-9)15-12-16-11(17)13(2,3)18-12/h4-8H,1-3H3,(H,15,16,17). The van der Waals surface area contributed by atoms with E-state index in [1.165, 1.54) is 23.9 Å². The maximum atomic E-state index is 12.8. The van der Waals surface area contributed by atoms with Crippen LogP contribution in [0.5, 0.6) is 0 Å². The van der Waals surface area contributed by atoms with Crippen LogP contribution in [-0.4, -0.2) is 15.8 Å². The zero-order valence-corrected chi connectivity index (χ0v) is 11.3. The number of carbonyl (C=O) groups excluding carboxylic acids is 1. The highest BCUT2D eigenvalue weighted by Crippen LogP contribution is 2.32. The molecule has 0 radical (unpaired) electrons. The van der Waals surface area contributed by atoms with Gasteiger partial charge in [0, 0.05) is 0 Å². The van der Waals surface area contributed by atoms with Gasteiger partial charge in [-0.2, -0.15) is 0 Å². The lowest BCUT2D eigenvalue weighted by molar-refractivity contribution is -0.120. The van der Waals surface area contributed by atoms with Crippen molar-refractivity contribution >= 4 is 22.8 Å². The fraction of sp³-hybridized carbons (Fsp3) is 0.385. The first-order valence-electron chi connectivity index (χ1n) is 5.72. The van der Waals surface area contributed by atoms with Gasteiger partial charge in [-0.15, -0.1) is 0 Å². The summed E-state index contributed by atoms with van der Waals surface area (Å²) < 4.78 is 12.3. The number of halogens is 1. The minimum absolute atomic E-state index is 0.0300. The number of amides is 1. The summed E-state index contributed by atoms with van der Waals surface area (Å²) in [5.41, 5.74) is 0.920. The minimum Gasteiger partial charge on any atom is -0.304 e. The van der Waals surface area contributed by atoms with Gasteiger partial charge in [0.2, 0.25) is 5.91 Å². The van der Waals surface area contributed by atoms with E-state index in [1.807, 2.05) is 20.8 Å². The molecular weight excluding hydrogens is 251 g/mol. The second kappa shape index (κ2) is 4.72. The number of rotatable bonds is 2. The molecule has 1 amide bonds. The van der Waals surface area contributed by atoms with E-state index in [4.69, 9.17) is 0 Å². The monoisotopic (exact) mass is 266 g/mol. The van der Waals surface area contributed by atoms with Crippen molar-refractivity contribution in [1.82, 2.24) is 5.32 Å². The molecule has 3 nitrogen and oxygen atoms in total. The molecule has 18 heavy (non-hydrogen) atoms. The molecule has 1 atom stereocenters. The zero-order chi connectivity index (χ0) is 13.3. The van der Waals surface area contributed by atoms with Gasteiger partial charge in [0.1, 0.15) is 5.82 Å². The van der Waals surface area contributed by atoms with Crippen LogP contribution < -0.4 is 5.32 Å². The normalized spacial score (nSPS) is 22.0. The Hall–Kier alpha value is -1.36. The topological polar surface area (TPSA) is 41.5 Å². The SMILES string of the molecule is CC(N=C1NC(=O)C(C)(C)S1)c1ccc(F)cc1. The fourth-order valence-corrected chi connectivity index (χ4v) is 2.59. The summed E-state index contributed by atoms with van der Waals surface area (Å²) in [6.07, 6.45) is 0.